The highest BCUT2D eigenvalue weighted by Crippen LogP contribution is 2.25. The number of hydrogen-bond donors (Lipinski definition) is 1. The molecule has 1 fully saturated rings. The minimum atomic E-state index is -4.15. The van der Waals surface area contributed by atoms with E-state index in [0.717, 1.165) is 5.69 Å². The smallest absolute Gasteiger partial charge is 0.389 e. The zero-order chi connectivity index (χ0) is 15.6. The summed E-state index contributed by atoms with van der Waals surface area (Å²) in [6.07, 6.45) is -4.15. The molecule has 0 radical (unpaired) electrons. The molecule has 1 aliphatic rings. The fraction of sp³-hybridized carbons (Fsp3) is 0.462. The summed E-state index contributed by atoms with van der Waals surface area (Å²) in [5.74, 6) is 0. The number of thiocarbonyl (C=S) groups is 1. The summed E-state index contributed by atoms with van der Waals surface area (Å²) in [5.41, 5.74) is 7.01. The largest absolute Gasteiger partial charge is 0.401 e. The van der Waals surface area contributed by atoms with Gasteiger partial charge in [-0.15, -0.1) is 0 Å². The Bertz CT molecular complexity index is 528. The van der Waals surface area contributed by atoms with Crippen LogP contribution < -0.4 is 10.6 Å². The molecule has 21 heavy (non-hydrogen) atoms. The molecule has 0 unspecified atom stereocenters. The van der Waals surface area contributed by atoms with Crippen LogP contribution in [0, 0.1) is 0 Å². The Hall–Kier alpha value is -1.05. The molecular formula is C13H15ClF3N3S. The number of piperazine rings is 1. The van der Waals surface area contributed by atoms with Crippen LogP contribution >= 0.6 is 23.8 Å². The van der Waals surface area contributed by atoms with Crippen LogP contribution in [0.25, 0.3) is 0 Å². The van der Waals surface area contributed by atoms with E-state index in [4.69, 9.17) is 29.6 Å². The Morgan fingerprint density at radius 2 is 1.86 bits per heavy atom. The summed E-state index contributed by atoms with van der Waals surface area (Å²) < 4.78 is 37.0. The van der Waals surface area contributed by atoms with Crippen LogP contribution in [-0.4, -0.2) is 48.8 Å². The van der Waals surface area contributed by atoms with E-state index in [0.29, 0.717) is 36.8 Å². The van der Waals surface area contributed by atoms with E-state index < -0.39 is 12.7 Å². The first-order valence-corrected chi connectivity index (χ1v) is 7.18. The van der Waals surface area contributed by atoms with E-state index >= 15 is 0 Å². The lowest BCUT2D eigenvalue weighted by atomic mass is 10.1. The van der Waals surface area contributed by atoms with Gasteiger partial charge in [0.05, 0.1) is 11.6 Å². The van der Waals surface area contributed by atoms with Crippen molar-refractivity contribution in [3.63, 3.8) is 0 Å². The molecule has 0 aromatic heterocycles. The zero-order valence-corrected chi connectivity index (χ0v) is 12.7. The average molecular weight is 338 g/mol. The fourth-order valence-electron chi connectivity index (χ4n) is 2.32. The molecule has 0 bridgehead atoms. The third-order valence-corrected chi connectivity index (χ3v) is 3.89. The van der Waals surface area contributed by atoms with Gasteiger partial charge in [0.1, 0.15) is 4.99 Å². The van der Waals surface area contributed by atoms with Crippen molar-refractivity contribution >= 4 is 34.5 Å². The van der Waals surface area contributed by atoms with Crippen molar-refractivity contribution in [2.75, 3.05) is 37.6 Å². The van der Waals surface area contributed by atoms with Gasteiger partial charge in [0, 0.05) is 37.4 Å². The van der Waals surface area contributed by atoms with Crippen LogP contribution in [0.15, 0.2) is 18.2 Å². The first-order valence-electron chi connectivity index (χ1n) is 6.40. The number of alkyl halides is 3. The van der Waals surface area contributed by atoms with Gasteiger partial charge >= 0.3 is 6.18 Å². The van der Waals surface area contributed by atoms with Crippen LogP contribution in [0.5, 0.6) is 0 Å². The van der Waals surface area contributed by atoms with Crippen LogP contribution in [-0.2, 0) is 0 Å². The summed E-state index contributed by atoms with van der Waals surface area (Å²) in [4.78, 5) is 3.63. The summed E-state index contributed by atoms with van der Waals surface area (Å²) in [6.45, 7) is 0.933. The first-order chi connectivity index (χ1) is 9.76. The van der Waals surface area contributed by atoms with Gasteiger partial charge < -0.3 is 10.6 Å². The monoisotopic (exact) mass is 337 g/mol. The van der Waals surface area contributed by atoms with Crippen LogP contribution in [0.1, 0.15) is 5.56 Å². The Labute approximate surface area is 131 Å². The van der Waals surface area contributed by atoms with Crippen molar-refractivity contribution in [3.05, 3.63) is 28.8 Å². The second kappa shape index (κ2) is 6.37. The molecule has 0 spiro atoms. The Balaban J connectivity index is 1.99. The highest BCUT2D eigenvalue weighted by atomic mass is 35.5. The van der Waals surface area contributed by atoms with Crippen molar-refractivity contribution in [1.82, 2.24) is 4.90 Å². The van der Waals surface area contributed by atoms with E-state index in [2.05, 4.69) is 0 Å². The molecule has 0 amide bonds. The van der Waals surface area contributed by atoms with Crippen molar-refractivity contribution in [2.24, 2.45) is 5.73 Å². The highest BCUT2D eigenvalue weighted by Gasteiger charge is 2.32. The van der Waals surface area contributed by atoms with Gasteiger partial charge in [0.15, 0.2) is 0 Å². The number of hydrogen-bond acceptors (Lipinski definition) is 3. The number of halogens is 4. The lowest BCUT2D eigenvalue weighted by molar-refractivity contribution is -0.146. The second-order valence-corrected chi connectivity index (χ2v) is 5.75. The van der Waals surface area contributed by atoms with Crippen molar-refractivity contribution in [1.29, 1.82) is 0 Å². The van der Waals surface area contributed by atoms with Gasteiger partial charge in [-0.05, 0) is 18.2 Å². The van der Waals surface area contributed by atoms with Crippen molar-refractivity contribution < 1.29 is 13.2 Å². The van der Waals surface area contributed by atoms with Crippen LogP contribution in [0.4, 0.5) is 18.9 Å². The Kier molecular flexibility index (Phi) is 4.95. The molecule has 3 nitrogen and oxygen atoms in total. The number of nitrogens with two attached hydrogens (primary N) is 1. The van der Waals surface area contributed by atoms with E-state index in [9.17, 15) is 13.2 Å². The lowest BCUT2D eigenvalue weighted by Gasteiger charge is -2.36. The molecule has 0 saturated carbocycles. The Morgan fingerprint density at radius 1 is 1.24 bits per heavy atom. The van der Waals surface area contributed by atoms with Gasteiger partial charge in [0.25, 0.3) is 0 Å². The molecule has 116 valence electrons. The lowest BCUT2D eigenvalue weighted by Crippen LogP contribution is -2.49. The summed E-state index contributed by atoms with van der Waals surface area (Å²) in [5, 5.41) is 0.456. The zero-order valence-electron chi connectivity index (χ0n) is 11.2. The maximum atomic E-state index is 12.3. The van der Waals surface area contributed by atoms with E-state index in [1.54, 1.807) is 12.1 Å². The summed E-state index contributed by atoms with van der Waals surface area (Å²) in [7, 11) is 0. The second-order valence-electron chi connectivity index (χ2n) is 4.91. The minimum absolute atomic E-state index is 0.224. The molecule has 2 N–H and O–H groups in total. The Morgan fingerprint density at radius 3 is 2.33 bits per heavy atom. The number of rotatable bonds is 3. The standard InChI is InChI=1S/C13H15ClF3N3S/c14-11-7-9(1-2-10(11)12(18)21)20-5-3-19(4-6-20)8-13(15,16)17/h1-2,7H,3-6,8H2,(H2,18,21). The number of nitrogens with zero attached hydrogens (tertiary/aromatic N) is 2. The maximum Gasteiger partial charge on any atom is 0.401 e. The average Bonchev–Trinajstić information content (AvgIpc) is 2.37. The maximum absolute atomic E-state index is 12.3. The SMILES string of the molecule is NC(=S)c1ccc(N2CCN(CC(F)(F)F)CC2)cc1Cl. The predicted octanol–water partition coefficient (Wildman–Crippen LogP) is 2.66. The normalized spacial score (nSPS) is 17.0. The molecule has 1 aromatic carbocycles. The van der Waals surface area contributed by atoms with Gasteiger partial charge in [-0.25, -0.2) is 0 Å². The molecule has 0 atom stereocenters. The van der Waals surface area contributed by atoms with Gasteiger partial charge in [-0.2, -0.15) is 13.2 Å². The van der Waals surface area contributed by atoms with Gasteiger partial charge in [-0.3, -0.25) is 4.90 Å². The highest BCUT2D eigenvalue weighted by molar-refractivity contribution is 7.80. The van der Waals surface area contributed by atoms with Crippen LogP contribution in [0.2, 0.25) is 5.02 Å². The molecule has 1 aliphatic heterocycles. The molecular weight excluding hydrogens is 323 g/mol. The third-order valence-electron chi connectivity index (χ3n) is 3.36. The quantitative estimate of drug-likeness (QED) is 0.860. The molecule has 0 aliphatic carbocycles. The topological polar surface area (TPSA) is 32.5 Å². The molecule has 2 rings (SSSR count). The number of benzene rings is 1. The van der Waals surface area contributed by atoms with Crippen molar-refractivity contribution in [3.8, 4) is 0 Å². The summed E-state index contributed by atoms with van der Waals surface area (Å²) in [6, 6.07) is 5.32. The summed E-state index contributed by atoms with van der Waals surface area (Å²) >= 11 is 11.0. The predicted molar refractivity (Wildman–Crippen MR) is 82.0 cm³/mol. The number of anilines is 1. The molecule has 1 aromatic rings. The van der Waals surface area contributed by atoms with Crippen LogP contribution in [0.3, 0.4) is 0 Å². The van der Waals surface area contributed by atoms with E-state index in [1.807, 2.05) is 11.0 Å². The van der Waals surface area contributed by atoms with E-state index in [-0.39, 0.29) is 4.99 Å². The molecule has 8 heteroatoms. The molecule has 1 saturated heterocycles. The third kappa shape index (κ3) is 4.46. The minimum Gasteiger partial charge on any atom is -0.389 e. The van der Waals surface area contributed by atoms with Gasteiger partial charge in [-0.1, -0.05) is 23.8 Å². The van der Waals surface area contributed by atoms with Gasteiger partial charge in [0.2, 0.25) is 0 Å². The molecule has 1 heterocycles. The fourth-order valence-corrected chi connectivity index (χ4v) is 2.83. The first kappa shape index (κ1) is 16.3. The van der Waals surface area contributed by atoms with E-state index in [1.165, 1.54) is 4.90 Å². The van der Waals surface area contributed by atoms with Crippen molar-refractivity contribution in [2.45, 2.75) is 6.18 Å².